The second-order valence-corrected chi connectivity index (χ2v) is 4.16. The summed E-state index contributed by atoms with van der Waals surface area (Å²) in [5.41, 5.74) is 13.5. The van der Waals surface area contributed by atoms with Gasteiger partial charge in [-0.3, -0.25) is 4.79 Å². The number of nitrogen functional groups attached to an aromatic ring is 2. The van der Waals surface area contributed by atoms with Crippen LogP contribution in [-0.4, -0.2) is 19.6 Å². The van der Waals surface area contributed by atoms with Gasteiger partial charge in [0, 0.05) is 18.7 Å². The molecule has 0 aliphatic rings. The largest absolute Gasteiger partial charge is 0.469 e. The van der Waals surface area contributed by atoms with Crippen molar-refractivity contribution in [2.24, 2.45) is 0 Å². The molecule has 5 N–H and O–H groups in total. The van der Waals surface area contributed by atoms with Gasteiger partial charge in [0.15, 0.2) is 0 Å². The van der Waals surface area contributed by atoms with Gasteiger partial charge in [-0.05, 0) is 31.0 Å². The third-order valence-corrected chi connectivity index (χ3v) is 2.70. The lowest BCUT2D eigenvalue weighted by molar-refractivity contribution is -0.140. The summed E-state index contributed by atoms with van der Waals surface area (Å²) in [7, 11) is 1.41. The van der Waals surface area contributed by atoms with E-state index in [1.165, 1.54) is 7.11 Å². The zero-order valence-corrected chi connectivity index (χ0v) is 10.7. The van der Waals surface area contributed by atoms with Gasteiger partial charge in [-0.15, -0.1) is 0 Å². The van der Waals surface area contributed by atoms with Crippen molar-refractivity contribution in [2.75, 3.05) is 30.4 Å². The predicted octanol–water partition coefficient (Wildman–Crippen LogP) is 2.00. The van der Waals surface area contributed by atoms with Crippen molar-refractivity contribution in [2.45, 2.75) is 25.7 Å². The smallest absolute Gasteiger partial charge is 0.305 e. The highest BCUT2D eigenvalue weighted by Crippen LogP contribution is 2.19. The third-order valence-electron chi connectivity index (χ3n) is 2.70. The van der Waals surface area contributed by atoms with E-state index in [4.69, 9.17) is 11.5 Å². The van der Waals surface area contributed by atoms with Crippen molar-refractivity contribution in [3.05, 3.63) is 18.2 Å². The fraction of sp³-hybridized carbons (Fsp3) is 0.462. The van der Waals surface area contributed by atoms with E-state index in [2.05, 4.69) is 10.1 Å². The summed E-state index contributed by atoms with van der Waals surface area (Å²) < 4.78 is 4.57. The second kappa shape index (κ2) is 7.42. The first-order valence-corrected chi connectivity index (χ1v) is 6.09. The van der Waals surface area contributed by atoms with E-state index < -0.39 is 0 Å². The second-order valence-electron chi connectivity index (χ2n) is 4.16. The highest BCUT2D eigenvalue weighted by atomic mass is 16.5. The highest BCUT2D eigenvalue weighted by molar-refractivity contribution is 5.69. The number of benzene rings is 1. The molecule has 18 heavy (non-hydrogen) atoms. The Balaban J connectivity index is 2.14. The average Bonchev–Trinajstić information content (AvgIpc) is 2.37. The molecular formula is C13H21N3O2. The van der Waals surface area contributed by atoms with Gasteiger partial charge in [0.05, 0.1) is 18.5 Å². The Bertz CT molecular complexity index is 394. The van der Waals surface area contributed by atoms with Gasteiger partial charge < -0.3 is 21.5 Å². The van der Waals surface area contributed by atoms with E-state index in [9.17, 15) is 4.79 Å². The number of carbonyl (C=O) groups excluding carboxylic acids is 1. The van der Waals surface area contributed by atoms with E-state index in [1.807, 2.05) is 12.1 Å². The van der Waals surface area contributed by atoms with Crippen LogP contribution in [0.2, 0.25) is 0 Å². The van der Waals surface area contributed by atoms with Gasteiger partial charge in [-0.2, -0.15) is 0 Å². The topological polar surface area (TPSA) is 90.4 Å². The molecule has 100 valence electrons. The minimum Gasteiger partial charge on any atom is -0.469 e. The maximum absolute atomic E-state index is 10.9. The van der Waals surface area contributed by atoms with Crippen molar-refractivity contribution >= 4 is 23.0 Å². The van der Waals surface area contributed by atoms with Crippen molar-refractivity contribution in [1.29, 1.82) is 0 Å². The van der Waals surface area contributed by atoms with Gasteiger partial charge >= 0.3 is 5.97 Å². The number of nitrogens with one attached hydrogen (secondary N) is 1. The molecule has 1 aromatic rings. The Hall–Kier alpha value is -1.91. The number of hydrogen-bond acceptors (Lipinski definition) is 5. The van der Waals surface area contributed by atoms with Crippen LogP contribution in [-0.2, 0) is 9.53 Å². The Morgan fingerprint density at radius 3 is 2.67 bits per heavy atom. The van der Waals surface area contributed by atoms with E-state index in [1.54, 1.807) is 6.07 Å². The predicted molar refractivity (Wildman–Crippen MR) is 74.2 cm³/mol. The van der Waals surface area contributed by atoms with E-state index in [0.29, 0.717) is 17.8 Å². The van der Waals surface area contributed by atoms with Crippen LogP contribution in [0.3, 0.4) is 0 Å². The van der Waals surface area contributed by atoms with Crippen LogP contribution in [0, 0.1) is 0 Å². The normalized spacial score (nSPS) is 10.1. The van der Waals surface area contributed by atoms with E-state index in [-0.39, 0.29) is 5.97 Å². The maximum Gasteiger partial charge on any atom is 0.305 e. The molecule has 0 saturated heterocycles. The van der Waals surface area contributed by atoms with Gasteiger partial charge in [0.25, 0.3) is 0 Å². The van der Waals surface area contributed by atoms with Crippen LogP contribution < -0.4 is 16.8 Å². The van der Waals surface area contributed by atoms with Crippen LogP contribution >= 0.6 is 0 Å². The van der Waals surface area contributed by atoms with Crippen LogP contribution in [0.25, 0.3) is 0 Å². The quantitative estimate of drug-likeness (QED) is 0.392. The van der Waals surface area contributed by atoms with Gasteiger partial charge in [-0.25, -0.2) is 0 Å². The molecule has 0 fully saturated rings. The molecule has 0 aliphatic carbocycles. The first kappa shape index (κ1) is 14.2. The number of rotatable bonds is 7. The lowest BCUT2D eigenvalue weighted by Crippen LogP contribution is -2.04. The standard InChI is InChI=1S/C13H21N3O2/c1-18-13(17)5-3-2-4-8-16-10-6-7-11(14)12(15)9-10/h6-7,9,16H,2-5,8,14-15H2,1H3. The average molecular weight is 251 g/mol. The number of anilines is 3. The number of esters is 1. The van der Waals surface area contributed by atoms with E-state index in [0.717, 1.165) is 31.5 Å². The number of nitrogens with two attached hydrogens (primary N) is 2. The molecule has 5 nitrogen and oxygen atoms in total. The van der Waals surface area contributed by atoms with Crippen molar-refractivity contribution in [3.8, 4) is 0 Å². The Labute approximate surface area is 107 Å². The fourth-order valence-corrected chi connectivity index (χ4v) is 1.59. The molecule has 0 atom stereocenters. The molecule has 0 aromatic heterocycles. The van der Waals surface area contributed by atoms with Gasteiger partial charge in [0.2, 0.25) is 0 Å². The summed E-state index contributed by atoms with van der Waals surface area (Å²) in [5.74, 6) is -0.144. The van der Waals surface area contributed by atoms with Crippen LogP contribution in [0.1, 0.15) is 25.7 Å². The zero-order chi connectivity index (χ0) is 13.4. The van der Waals surface area contributed by atoms with Crippen LogP contribution in [0.15, 0.2) is 18.2 Å². The number of carbonyl (C=O) groups is 1. The number of methoxy groups -OCH3 is 1. The van der Waals surface area contributed by atoms with E-state index >= 15 is 0 Å². The number of unbranched alkanes of at least 4 members (excludes halogenated alkanes) is 2. The zero-order valence-electron chi connectivity index (χ0n) is 10.7. The Kier molecular flexibility index (Phi) is 5.84. The maximum atomic E-state index is 10.9. The summed E-state index contributed by atoms with van der Waals surface area (Å²) in [6, 6.07) is 5.51. The molecule has 0 bridgehead atoms. The summed E-state index contributed by atoms with van der Waals surface area (Å²) >= 11 is 0. The number of ether oxygens (including phenoxy) is 1. The Morgan fingerprint density at radius 1 is 1.22 bits per heavy atom. The lowest BCUT2D eigenvalue weighted by atomic mass is 10.2. The summed E-state index contributed by atoms with van der Waals surface area (Å²) in [5, 5.41) is 3.26. The minimum absolute atomic E-state index is 0.144. The molecule has 0 saturated carbocycles. The third kappa shape index (κ3) is 4.95. The van der Waals surface area contributed by atoms with Crippen molar-refractivity contribution in [1.82, 2.24) is 0 Å². The fourth-order valence-electron chi connectivity index (χ4n) is 1.59. The first-order chi connectivity index (χ1) is 8.63. The molecule has 0 heterocycles. The van der Waals surface area contributed by atoms with Crippen molar-refractivity contribution in [3.63, 3.8) is 0 Å². The molecule has 1 rings (SSSR count). The van der Waals surface area contributed by atoms with Crippen LogP contribution in [0.4, 0.5) is 17.1 Å². The Morgan fingerprint density at radius 2 is 2.00 bits per heavy atom. The van der Waals surface area contributed by atoms with Crippen molar-refractivity contribution < 1.29 is 9.53 Å². The highest BCUT2D eigenvalue weighted by Gasteiger charge is 1.99. The molecule has 5 heteroatoms. The first-order valence-electron chi connectivity index (χ1n) is 6.09. The molecule has 0 unspecified atom stereocenters. The molecule has 0 aliphatic heterocycles. The molecule has 0 amide bonds. The minimum atomic E-state index is -0.144. The monoisotopic (exact) mass is 251 g/mol. The SMILES string of the molecule is COC(=O)CCCCCNc1ccc(N)c(N)c1. The number of hydrogen-bond donors (Lipinski definition) is 3. The molecular weight excluding hydrogens is 230 g/mol. The summed E-state index contributed by atoms with van der Waals surface area (Å²) in [4.78, 5) is 10.9. The summed E-state index contributed by atoms with van der Waals surface area (Å²) in [6.07, 6.45) is 3.34. The molecule has 1 aromatic carbocycles. The summed E-state index contributed by atoms with van der Waals surface area (Å²) in [6.45, 7) is 0.852. The van der Waals surface area contributed by atoms with Gasteiger partial charge in [-0.1, -0.05) is 6.42 Å². The lowest BCUT2D eigenvalue weighted by Gasteiger charge is -2.08. The molecule has 0 spiro atoms. The van der Waals surface area contributed by atoms with Crippen LogP contribution in [0.5, 0.6) is 0 Å². The van der Waals surface area contributed by atoms with Gasteiger partial charge in [0.1, 0.15) is 0 Å². The molecule has 0 radical (unpaired) electrons.